The minimum atomic E-state index is -0.222. The minimum Gasteiger partial charge on any atom is -0.326 e. The Hall–Kier alpha value is -2.14. The molecule has 1 aromatic rings. The van der Waals surface area contributed by atoms with Crippen molar-refractivity contribution in [3.8, 4) is 0 Å². The molecule has 27 heavy (non-hydrogen) atoms. The van der Waals surface area contributed by atoms with Crippen LogP contribution in [0.1, 0.15) is 18.4 Å². The van der Waals surface area contributed by atoms with Crippen LogP contribution in [0.2, 0.25) is 5.02 Å². The molecule has 3 fully saturated rings. The van der Waals surface area contributed by atoms with Gasteiger partial charge in [-0.2, -0.15) is 0 Å². The molecule has 2 bridgehead atoms. The summed E-state index contributed by atoms with van der Waals surface area (Å²) in [7, 11) is 0. The maximum atomic E-state index is 12.9. The Labute approximate surface area is 162 Å². The first-order valence-corrected chi connectivity index (χ1v) is 9.93. The predicted octanol–water partition coefficient (Wildman–Crippen LogP) is 3.03. The first-order chi connectivity index (χ1) is 13.0. The topological polar surface area (TPSA) is 66.5 Å². The van der Waals surface area contributed by atoms with Gasteiger partial charge in [-0.15, -0.1) is 0 Å². The van der Waals surface area contributed by atoms with Gasteiger partial charge in [-0.3, -0.25) is 19.3 Å². The highest BCUT2D eigenvalue weighted by Crippen LogP contribution is 2.65. The molecule has 2 saturated carbocycles. The first kappa shape index (κ1) is 17.0. The zero-order chi connectivity index (χ0) is 18.9. The molecular weight excluding hydrogens is 364 g/mol. The van der Waals surface area contributed by atoms with E-state index in [1.807, 2.05) is 6.92 Å². The fourth-order valence-electron chi connectivity index (χ4n) is 5.41. The third-order valence-corrected chi connectivity index (χ3v) is 7.27. The number of benzene rings is 1. The van der Waals surface area contributed by atoms with E-state index >= 15 is 0 Å². The molecule has 0 spiro atoms. The summed E-state index contributed by atoms with van der Waals surface area (Å²) in [6.07, 6.45) is 5.56. The standard InChI is InChI=1S/C21H21ClN2O3/c1-10-15(22)3-2-4-16(10)23-17(25)7-8-24-20(26)18-11-5-6-12(14-9-13(11)14)19(18)21(24)27/h2-6,11-14,18-19H,7-9H2,1H3,(H,23,25)/t11-,12-,13-,14-,18+,19+/m0/s1. The summed E-state index contributed by atoms with van der Waals surface area (Å²) in [6.45, 7) is 1.98. The maximum absolute atomic E-state index is 12.9. The second kappa shape index (κ2) is 5.93. The van der Waals surface area contributed by atoms with E-state index in [1.165, 1.54) is 4.90 Å². The highest BCUT2D eigenvalue weighted by Gasteiger charge is 2.66. The average molecular weight is 385 g/mol. The molecule has 140 valence electrons. The van der Waals surface area contributed by atoms with Crippen molar-refractivity contribution in [3.63, 3.8) is 0 Å². The molecule has 5 nitrogen and oxygen atoms in total. The molecule has 0 aromatic heterocycles. The molecule has 0 unspecified atom stereocenters. The van der Waals surface area contributed by atoms with E-state index in [4.69, 9.17) is 11.6 Å². The van der Waals surface area contributed by atoms with Crippen molar-refractivity contribution in [3.05, 3.63) is 40.9 Å². The summed E-state index contributed by atoms with van der Waals surface area (Å²) in [5.41, 5.74) is 1.45. The number of rotatable bonds is 4. The Morgan fingerprint density at radius 2 is 1.78 bits per heavy atom. The maximum Gasteiger partial charge on any atom is 0.233 e. The van der Waals surface area contributed by atoms with Crippen LogP contribution in [0.5, 0.6) is 0 Å². The van der Waals surface area contributed by atoms with Crippen LogP contribution in [0.4, 0.5) is 5.69 Å². The largest absolute Gasteiger partial charge is 0.326 e. The third kappa shape index (κ3) is 2.48. The molecule has 1 heterocycles. The summed E-state index contributed by atoms with van der Waals surface area (Å²) < 4.78 is 0. The van der Waals surface area contributed by atoms with Crippen molar-refractivity contribution in [2.75, 3.05) is 11.9 Å². The molecule has 1 saturated heterocycles. The lowest BCUT2D eigenvalue weighted by Gasteiger charge is -2.37. The van der Waals surface area contributed by atoms with Crippen LogP contribution in [0.15, 0.2) is 30.4 Å². The van der Waals surface area contributed by atoms with Crippen LogP contribution in [0.25, 0.3) is 0 Å². The Kier molecular flexibility index (Phi) is 3.73. The summed E-state index contributed by atoms with van der Waals surface area (Å²) in [5.74, 6) is 0.828. The quantitative estimate of drug-likeness (QED) is 0.641. The normalized spacial score (nSPS) is 35.3. The van der Waals surface area contributed by atoms with Crippen LogP contribution in [0.3, 0.4) is 0 Å². The van der Waals surface area contributed by atoms with Gasteiger partial charge in [0.2, 0.25) is 17.7 Å². The van der Waals surface area contributed by atoms with Crippen molar-refractivity contribution in [1.29, 1.82) is 0 Å². The van der Waals surface area contributed by atoms with Gasteiger partial charge in [0.05, 0.1) is 11.8 Å². The van der Waals surface area contributed by atoms with Gasteiger partial charge in [0.15, 0.2) is 0 Å². The number of likely N-dealkylation sites (tertiary alicyclic amines) is 1. The van der Waals surface area contributed by atoms with Gasteiger partial charge in [-0.1, -0.05) is 29.8 Å². The van der Waals surface area contributed by atoms with E-state index < -0.39 is 0 Å². The summed E-state index contributed by atoms with van der Waals surface area (Å²) >= 11 is 6.08. The molecule has 1 N–H and O–H groups in total. The van der Waals surface area contributed by atoms with E-state index in [9.17, 15) is 14.4 Å². The zero-order valence-corrected chi connectivity index (χ0v) is 15.8. The van der Waals surface area contributed by atoms with Crippen LogP contribution >= 0.6 is 11.6 Å². The Morgan fingerprint density at radius 3 is 2.41 bits per heavy atom. The smallest absolute Gasteiger partial charge is 0.233 e. The Morgan fingerprint density at radius 1 is 1.15 bits per heavy atom. The molecule has 1 aromatic carbocycles. The SMILES string of the molecule is Cc1c(Cl)cccc1NC(=O)CCN1C(=O)[C@@H]2[C@H]3C=C[C@@H]([C@@H]4C[C@@H]34)[C@H]2C1=O. The second-order valence-corrected chi connectivity index (χ2v) is 8.60. The molecular formula is C21H21ClN2O3. The van der Waals surface area contributed by atoms with E-state index in [-0.39, 0.29) is 54.4 Å². The number of carbonyl (C=O) groups is 3. The van der Waals surface area contributed by atoms with Crippen LogP contribution in [-0.2, 0) is 14.4 Å². The number of anilines is 1. The van der Waals surface area contributed by atoms with Crippen molar-refractivity contribution >= 4 is 35.0 Å². The summed E-state index contributed by atoms with van der Waals surface area (Å²) in [5, 5.41) is 3.41. The van der Waals surface area contributed by atoms with Crippen molar-refractivity contribution < 1.29 is 14.4 Å². The number of halogens is 1. The summed E-state index contributed by atoms with van der Waals surface area (Å²) in [6, 6.07) is 5.33. The Balaban J connectivity index is 1.26. The number of allylic oxidation sites excluding steroid dienone is 2. The monoisotopic (exact) mass is 384 g/mol. The number of hydrogen-bond donors (Lipinski definition) is 1. The third-order valence-electron chi connectivity index (χ3n) is 6.86. The average Bonchev–Trinajstić information content (AvgIpc) is 3.43. The van der Waals surface area contributed by atoms with Gasteiger partial charge in [0.25, 0.3) is 0 Å². The van der Waals surface area contributed by atoms with Crippen molar-refractivity contribution in [2.45, 2.75) is 19.8 Å². The minimum absolute atomic E-state index is 0.0820. The number of nitrogens with one attached hydrogen (secondary N) is 1. The number of carbonyl (C=O) groups excluding carboxylic acids is 3. The van der Waals surface area contributed by atoms with Crippen LogP contribution in [-0.4, -0.2) is 29.2 Å². The summed E-state index contributed by atoms with van der Waals surface area (Å²) in [4.78, 5) is 39.5. The zero-order valence-electron chi connectivity index (χ0n) is 15.0. The molecule has 4 aliphatic carbocycles. The van der Waals surface area contributed by atoms with Crippen LogP contribution < -0.4 is 5.32 Å². The number of imide groups is 1. The van der Waals surface area contributed by atoms with E-state index in [0.29, 0.717) is 22.5 Å². The highest BCUT2D eigenvalue weighted by molar-refractivity contribution is 6.31. The molecule has 6 heteroatoms. The van der Waals surface area contributed by atoms with Crippen molar-refractivity contribution in [1.82, 2.24) is 4.90 Å². The lowest BCUT2D eigenvalue weighted by atomic mass is 9.63. The lowest BCUT2D eigenvalue weighted by Crippen LogP contribution is -2.40. The first-order valence-electron chi connectivity index (χ1n) is 9.56. The fourth-order valence-corrected chi connectivity index (χ4v) is 5.58. The number of amides is 3. The van der Waals surface area contributed by atoms with Crippen LogP contribution in [0, 0.1) is 42.4 Å². The molecule has 0 radical (unpaired) electrons. The van der Waals surface area contributed by atoms with Crippen molar-refractivity contribution in [2.24, 2.45) is 35.5 Å². The highest BCUT2D eigenvalue weighted by atomic mass is 35.5. The molecule has 6 atom stereocenters. The lowest BCUT2D eigenvalue weighted by molar-refractivity contribution is -0.140. The van der Waals surface area contributed by atoms with Gasteiger partial charge >= 0.3 is 0 Å². The van der Waals surface area contributed by atoms with Gasteiger partial charge in [0.1, 0.15) is 0 Å². The van der Waals surface area contributed by atoms with E-state index in [0.717, 1.165) is 12.0 Å². The Bertz CT molecular complexity index is 859. The van der Waals surface area contributed by atoms with Gasteiger partial charge in [0, 0.05) is 23.7 Å². The number of nitrogens with zero attached hydrogens (tertiary/aromatic N) is 1. The molecule has 3 amide bonds. The van der Waals surface area contributed by atoms with Gasteiger partial charge < -0.3 is 5.32 Å². The fraction of sp³-hybridized carbons (Fsp3) is 0.476. The van der Waals surface area contributed by atoms with E-state index in [1.54, 1.807) is 18.2 Å². The molecule has 5 aliphatic rings. The van der Waals surface area contributed by atoms with Gasteiger partial charge in [-0.25, -0.2) is 0 Å². The predicted molar refractivity (Wildman–Crippen MR) is 101 cm³/mol. The molecule has 6 rings (SSSR count). The van der Waals surface area contributed by atoms with E-state index in [2.05, 4.69) is 17.5 Å². The number of hydrogen-bond acceptors (Lipinski definition) is 3. The molecule has 1 aliphatic heterocycles. The second-order valence-electron chi connectivity index (χ2n) is 8.19. The van der Waals surface area contributed by atoms with Gasteiger partial charge in [-0.05, 0) is 54.7 Å².